The van der Waals surface area contributed by atoms with Crippen molar-refractivity contribution < 1.29 is 19.1 Å². The molecule has 0 aromatic rings. The van der Waals surface area contributed by atoms with E-state index in [1.54, 1.807) is 7.05 Å². The van der Waals surface area contributed by atoms with E-state index in [0.29, 0.717) is 6.61 Å². The van der Waals surface area contributed by atoms with Gasteiger partial charge in [-0.05, 0) is 12.3 Å². The Morgan fingerprint density at radius 3 is 1.55 bits per heavy atom. The molecule has 0 aromatic heterocycles. The summed E-state index contributed by atoms with van der Waals surface area (Å²) in [6.07, 6.45) is 17.7. The van der Waals surface area contributed by atoms with E-state index >= 15 is 0 Å². The molecule has 1 amide bonds. The summed E-state index contributed by atoms with van der Waals surface area (Å²) >= 11 is 0. The average molecular weight is 414 g/mol. The third-order valence-corrected chi connectivity index (χ3v) is 5.50. The SMILES string of the molecule is CCCCCCCCCCCCCCCCOC(=O)C(C(C)C)N(C)C(=O)OC. The van der Waals surface area contributed by atoms with Crippen LogP contribution >= 0.6 is 0 Å². The number of hydrogen-bond acceptors (Lipinski definition) is 4. The van der Waals surface area contributed by atoms with Crippen molar-refractivity contribution in [3.63, 3.8) is 0 Å². The number of nitrogens with zero attached hydrogens (tertiary/aromatic N) is 1. The van der Waals surface area contributed by atoms with Crippen molar-refractivity contribution in [1.29, 1.82) is 0 Å². The van der Waals surface area contributed by atoms with Gasteiger partial charge in [0.1, 0.15) is 6.04 Å². The number of methoxy groups -OCH3 is 1. The number of unbranched alkanes of at least 4 members (excludes halogenated alkanes) is 13. The molecule has 0 saturated carbocycles. The Bertz CT molecular complexity index is 412. The van der Waals surface area contributed by atoms with Crippen LogP contribution in [-0.2, 0) is 14.3 Å². The molecular weight excluding hydrogens is 366 g/mol. The minimum atomic E-state index is -0.603. The van der Waals surface area contributed by atoms with Crippen molar-refractivity contribution in [2.24, 2.45) is 5.92 Å². The van der Waals surface area contributed by atoms with Gasteiger partial charge in [0.2, 0.25) is 0 Å². The van der Waals surface area contributed by atoms with Crippen LogP contribution in [0.1, 0.15) is 111 Å². The lowest BCUT2D eigenvalue weighted by Crippen LogP contribution is -2.46. The largest absolute Gasteiger partial charge is 0.464 e. The lowest BCUT2D eigenvalue weighted by Gasteiger charge is -2.28. The zero-order chi connectivity index (χ0) is 21.9. The first-order chi connectivity index (χ1) is 14.0. The Morgan fingerprint density at radius 2 is 1.17 bits per heavy atom. The standard InChI is InChI=1S/C24H47NO4/c1-6-7-8-9-10-11-12-13-14-15-16-17-18-19-20-29-23(26)22(21(2)3)25(4)24(27)28-5/h21-22H,6-20H2,1-5H3. The van der Waals surface area contributed by atoms with E-state index in [1.165, 1.54) is 89.1 Å². The Hall–Kier alpha value is -1.26. The third kappa shape index (κ3) is 14.4. The number of carbonyl (C=O) groups is 2. The monoisotopic (exact) mass is 413 g/mol. The molecule has 29 heavy (non-hydrogen) atoms. The molecule has 0 rings (SSSR count). The van der Waals surface area contributed by atoms with Crippen LogP contribution in [0, 0.1) is 5.92 Å². The Kier molecular flexibility index (Phi) is 17.9. The number of rotatable bonds is 18. The van der Waals surface area contributed by atoms with Crippen LogP contribution in [0.5, 0.6) is 0 Å². The van der Waals surface area contributed by atoms with Crippen LogP contribution in [0.4, 0.5) is 4.79 Å². The molecule has 0 aliphatic rings. The van der Waals surface area contributed by atoms with Gasteiger partial charge in [-0.15, -0.1) is 0 Å². The van der Waals surface area contributed by atoms with Crippen LogP contribution in [0.2, 0.25) is 0 Å². The molecule has 0 aliphatic heterocycles. The van der Waals surface area contributed by atoms with Crippen molar-refractivity contribution in [2.75, 3.05) is 20.8 Å². The molecule has 0 heterocycles. The predicted molar refractivity (Wildman–Crippen MR) is 120 cm³/mol. The van der Waals surface area contributed by atoms with Gasteiger partial charge in [-0.25, -0.2) is 9.59 Å². The Balaban J connectivity index is 3.62. The van der Waals surface area contributed by atoms with Crippen LogP contribution in [0.25, 0.3) is 0 Å². The number of ether oxygens (including phenoxy) is 2. The number of likely N-dealkylation sites (N-methyl/N-ethyl adjacent to an activating group) is 1. The first kappa shape index (κ1) is 27.7. The first-order valence-electron chi connectivity index (χ1n) is 11.9. The van der Waals surface area contributed by atoms with Gasteiger partial charge in [0.15, 0.2) is 0 Å². The maximum absolute atomic E-state index is 12.3. The average Bonchev–Trinajstić information content (AvgIpc) is 2.69. The van der Waals surface area contributed by atoms with Gasteiger partial charge >= 0.3 is 12.1 Å². The molecule has 0 radical (unpaired) electrons. The number of hydrogen-bond donors (Lipinski definition) is 0. The fourth-order valence-electron chi connectivity index (χ4n) is 3.69. The van der Waals surface area contributed by atoms with E-state index in [9.17, 15) is 9.59 Å². The second kappa shape index (κ2) is 18.7. The van der Waals surface area contributed by atoms with E-state index in [-0.39, 0.29) is 11.9 Å². The number of carbonyl (C=O) groups excluding carboxylic acids is 2. The van der Waals surface area contributed by atoms with Crippen molar-refractivity contribution in [3.05, 3.63) is 0 Å². The predicted octanol–water partition coefficient (Wildman–Crippen LogP) is 6.73. The maximum atomic E-state index is 12.3. The topological polar surface area (TPSA) is 55.8 Å². The highest BCUT2D eigenvalue weighted by atomic mass is 16.6. The summed E-state index contributed by atoms with van der Waals surface area (Å²) in [5.41, 5.74) is 0. The van der Waals surface area contributed by atoms with Gasteiger partial charge in [0.05, 0.1) is 13.7 Å². The summed E-state index contributed by atoms with van der Waals surface area (Å²) in [5, 5.41) is 0. The third-order valence-electron chi connectivity index (χ3n) is 5.50. The summed E-state index contributed by atoms with van der Waals surface area (Å²) in [6, 6.07) is -0.603. The summed E-state index contributed by atoms with van der Waals surface area (Å²) in [6.45, 7) is 6.49. The van der Waals surface area contributed by atoms with Gasteiger partial charge < -0.3 is 9.47 Å². The fourth-order valence-corrected chi connectivity index (χ4v) is 3.69. The molecule has 1 atom stereocenters. The molecular formula is C24H47NO4. The summed E-state index contributed by atoms with van der Waals surface area (Å²) in [5.74, 6) is -0.370. The summed E-state index contributed by atoms with van der Waals surface area (Å²) in [7, 11) is 2.89. The highest BCUT2D eigenvalue weighted by molar-refractivity contribution is 5.81. The van der Waals surface area contributed by atoms with Gasteiger partial charge in [-0.2, -0.15) is 0 Å². The van der Waals surface area contributed by atoms with Crippen molar-refractivity contribution in [2.45, 2.75) is 117 Å². The molecule has 0 aliphatic carbocycles. The molecule has 1 unspecified atom stereocenters. The molecule has 0 N–H and O–H groups in total. The molecule has 5 nitrogen and oxygen atoms in total. The second-order valence-corrected chi connectivity index (χ2v) is 8.53. The van der Waals surface area contributed by atoms with E-state index < -0.39 is 12.1 Å². The van der Waals surface area contributed by atoms with Crippen LogP contribution in [0.15, 0.2) is 0 Å². The normalized spacial score (nSPS) is 12.1. The van der Waals surface area contributed by atoms with Gasteiger partial charge in [0, 0.05) is 7.05 Å². The Morgan fingerprint density at radius 1 is 0.759 bits per heavy atom. The number of esters is 1. The van der Waals surface area contributed by atoms with E-state index in [1.807, 2.05) is 13.8 Å². The van der Waals surface area contributed by atoms with Crippen molar-refractivity contribution >= 4 is 12.1 Å². The maximum Gasteiger partial charge on any atom is 0.409 e. The van der Waals surface area contributed by atoms with Crippen LogP contribution in [0.3, 0.4) is 0 Å². The van der Waals surface area contributed by atoms with E-state index in [4.69, 9.17) is 9.47 Å². The molecule has 0 spiro atoms. The molecule has 172 valence electrons. The smallest absolute Gasteiger partial charge is 0.409 e. The molecule has 5 heteroatoms. The number of amides is 1. The molecule has 0 bridgehead atoms. The minimum Gasteiger partial charge on any atom is -0.464 e. The van der Waals surface area contributed by atoms with Gasteiger partial charge in [-0.3, -0.25) is 4.90 Å². The Labute approximate surface area is 179 Å². The van der Waals surface area contributed by atoms with E-state index in [0.717, 1.165) is 12.8 Å². The molecule has 0 saturated heterocycles. The van der Waals surface area contributed by atoms with Crippen molar-refractivity contribution in [1.82, 2.24) is 4.90 Å². The fraction of sp³-hybridized carbons (Fsp3) is 0.917. The first-order valence-corrected chi connectivity index (χ1v) is 11.9. The van der Waals surface area contributed by atoms with Crippen molar-refractivity contribution in [3.8, 4) is 0 Å². The second-order valence-electron chi connectivity index (χ2n) is 8.53. The lowest BCUT2D eigenvalue weighted by atomic mass is 10.0. The quantitative estimate of drug-likeness (QED) is 0.184. The zero-order valence-corrected chi connectivity index (χ0v) is 19.8. The molecule has 0 aromatic carbocycles. The van der Waals surface area contributed by atoms with Gasteiger partial charge in [-0.1, -0.05) is 104 Å². The zero-order valence-electron chi connectivity index (χ0n) is 19.8. The highest BCUT2D eigenvalue weighted by Crippen LogP contribution is 2.14. The van der Waals surface area contributed by atoms with Crippen LogP contribution in [-0.4, -0.2) is 43.8 Å². The highest BCUT2D eigenvalue weighted by Gasteiger charge is 2.31. The summed E-state index contributed by atoms with van der Waals surface area (Å²) in [4.78, 5) is 25.3. The molecule has 0 fully saturated rings. The summed E-state index contributed by atoms with van der Waals surface area (Å²) < 4.78 is 10.1. The minimum absolute atomic E-state index is 0.0251. The lowest BCUT2D eigenvalue weighted by molar-refractivity contribution is -0.150. The van der Waals surface area contributed by atoms with E-state index in [2.05, 4.69) is 6.92 Å². The van der Waals surface area contributed by atoms with Gasteiger partial charge in [0.25, 0.3) is 0 Å². The van der Waals surface area contributed by atoms with Crippen LogP contribution < -0.4 is 0 Å².